The van der Waals surface area contributed by atoms with Crippen LogP contribution in [0.5, 0.6) is 5.75 Å². The number of rotatable bonds is 3. The number of ether oxygens (including phenoxy) is 1. The Balaban J connectivity index is 1.91. The van der Waals surface area contributed by atoms with Gasteiger partial charge in [0.05, 0.1) is 17.7 Å². The summed E-state index contributed by atoms with van der Waals surface area (Å²) in [6.45, 7) is 0. The SMILES string of the molecule is COc1cccc(N2C(=O)/C(=C/c3ccc(Cl)cc3)SC2=S)c1. The van der Waals surface area contributed by atoms with E-state index in [-0.39, 0.29) is 5.91 Å². The Bertz CT molecular complexity index is 802. The summed E-state index contributed by atoms with van der Waals surface area (Å²) in [7, 11) is 1.59. The summed E-state index contributed by atoms with van der Waals surface area (Å²) < 4.78 is 5.71. The Labute approximate surface area is 148 Å². The lowest BCUT2D eigenvalue weighted by atomic mass is 10.2. The zero-order chi connectivity index (χ0) is 16.4. The average molecular weight is 362 g/mol. The predicted molar refractivity (Wildman–Crippen MR) is 100 cm³/mol. The van der Waals surface area contributed by atoms with E-state index < -0.39 is 0 Å². The Morgan fingerprint density at radius 1 is 1.22 bits per heavy atom. The highest BCUT2D eigenvalue weighted by molar-refractivity contribution is 8.27. The van der Waals surface area contributed by atoms with Crippen LogP contribution in [0.4, 0.5) is 5.69 Å². The summed E-state index contributed by atoms with van der Waals surface area (Å²) in [4.78, 5) is 14.8. The molecule has 2 aromatic carbocycles. The summed E-state index contributed by atoms with van der Waals surface area (Å²) >= 11 is 12.5. The molecule has 1 amide bonds. The Morgan fingerprint density at radius 3 is 2.65 bits per heavy atom. The molecule has 1 saturated heterocycles. The van der Waals surface area contributed by atoms with Crippen LogP contribution < -0.4 is 9.64 Å². The van der Waals surface area contributed by atoms with E-state index in [9.17, 15) is 4.79 Å². The first kappa shape index (κ1) is 16.1. The van der Waals surface area contributed by atoms with Gasteiger partial charge in [-0.05, 0) is 35.9 Å². The van der Waals surface area contributed by atoms with Gasteiger partial charge in [-0.3, -0.25) is 9.69 Å². The third-order valence-electron chi connectivity index (χ3n) is 3.27. The summed E-state index contributed by atoms with van der Waals surface area (Å²) in [5.74, 6) is 0.543. The molecule has 0 bridgehead atoms. The van der Waals surface area contributed by atoms with Gasteiger partial charge in [0.25, 0.3) is 5.91 Å². The molecule has 2 aromatic rings. The van der Waals surface area contributed by atoms with E-state index in [1.807, 2.05) is 36.4 Å². The number of carbonyl (C=O) groups is 1. The second-order valence-corrected chi connectivity index (χ2v) is 6.88. The fourth-order valence-electron chi connectivity index (χ4n) is 2.15. The van der Waals surface area contributed by atoms with E-state index in [4.69, 9.17) is 28.6 Å². The zero-order valence-electron chi connectivity index (χ0n) is 12.2. The minimum absolute atomic E-state index is 0.136. The maximum Gasteiger partial charge on any atom is 0.270 e. The van der Waals surface area contributed by atoms with Gasteiger partial charge < -0.3 is 4.74 Å². The van der Waals surface area contributed by atoms with Gasteiger partial charge in [-0.1, -0.05) is 53.8 Å². The van der Waals surface area contributed by atoms with Crippen LogP contribution in [0.2, 0.25) is 5.02 Å². The van der Waals surface area contributed by atoms with Crippen molar-refractivity contribution in [3.63, 3.8) is 0 Å². The Hall–Kier alpha value is -1.82. The number of hydrogen-bond acceptors (Lipinski definition) is 4. The summed E-state index contributed by atoms with van der Waals surface area (Å²) in [6.07, 6.45) is 1.82. The number of benzene rings is 2. The third-order valence-corrected chi connectivity index (χ3v) is 4.83. The molecule has 0 atom stereocenters. The normalized spacial score (nSPS) is 16.3. The number of amides is 1. The van der Waals surface area contributed by atoms with Crippen molar-refractivity contribution in [3.05, 3.63) is 64.0 Å². The highest BCUT2D eigenvalue weighted by atomic mass is 35.5. The average Bonchev–Trinajstić information content (AvgIpc) is 2.83. The summed E-state index contributed by atoms with van der Waals surface area (Å²) in [5, 5.41) is 0.658. The van der Waals surface area contributed by atoms with Crippen LogP contribution in [0.1, 0.15) is 5.56 Å². The maximum atomic E-state index is 12.7. The van der Waals surface area contributed by atoms with Gasteiger partial charge in [-0.2, -0.15) is 0 Å². The number of thioether (sulfide) groups is 1. The number of thiocarbonyl (C=S) groups is 1. The van der Waals surface area contributed by atoms with Crippen molar-refractivity contribution in [3.8, 4) is 5.75 Å². The highest BCUT2D eigenvalue weighted by Gasteiger charge is 2.33. The van der Waals surface area contributed by atoms with E-state index in [0.29, 0.717) is 25.7 Å². The van der Waals surface area contributed by atoms with Gasteiger partial charge in [-0.15, -0.1) is 0 Å². The van der Waals surface area contributed by atoms with Crippen molar-refractivity contribution in [1.29, 1.82) is 0 Å². The van der Waals surface area contributed by atoms with Crippen molar-refractivity contribution in [2.45, 2.75) is 0 Å². The third kappa shape index (κ3) is 3.42. The van der Waals surface area contributed by atoms with Crippen molar-refractivity contribution < 1.29 is 9.53 Å². The van der Waals surface area contributed by atoms with Gasteiger partial charge in [0.2, 0.25) is 0 Å². The largest absolute Gasteiger partial charge is 0.497 e. The molecule has 3 nitrogen and oxygen atoms in total. The lowest BCUT2D eigenvalue weighted by Gasteiger charge is -2.15. The quantitative estimate of drug-likeness (QED) is 0.582. The van der Waals surface area contributed by atoms with Gasteiger partial charge >= 0.3 is 0 Å². The van der Waals surface area contributed by atoms with Crippen molar-refractivity contribution >= 4 is 57.6 Å². The molecule has 1 fully saturated rings. The van der Waals surface area contributed by atoms with Crippen LogP contribution in [-0.4, -0.2) is 17.3 Å². The van der Waals surface area contributed by atoms with E-state index in [1.165, 1.54) is 16.7 Å². The molecule has 0 spiro atoms. The molecule has 0 saturated carbocycles. The van der Waals surface area contributed by atoms with Crippen LogP contribution in [0, 0.1) is 0 Å². The fourth-order valence-corrected chi connectivity index (χ4v) is 3.58. The van der Waals surface area contributed by atoms with Crippen LogP contribution in [0.3, 0.4) is 0 Å². The maximum absolute atomic E-state index is 12.7. The predicted octanol–water partition coefficient (Wildman–Crippen LogP) is 4.75. The fraction of sp³-hybridized carbons (Fsp3) is 0.0588. The smallest absolute Gasteiger partial charge is 0.270 e. The molecule has 0 radical (unpaired) electrons. The van der Waals surface area contributed by atoms with E-state index in [0.717, 1.165) is 5.56 Å². The molecule has 1 aliphatic rings. The van der Waals surface area contributed by atoms with Gasteiger partial charge in [0.1, 0.15) is 5.75 Å². The Morgan fingerprint density at radius 2 is 1.96 bits per heavy atom. The van der Waals surface area contributed by atoms with E-state index in [1.54, 1.807) is 25.3 Å². The monoisotopic (exact) mass is 361 g/mol. The molecule has 0 N–H and O–H groups in total. The van der Waals surface area contributed by atoms with Crippen LogP contribution in [0.15, 0.2) is 53.4 Å². The molecule has 0 aliphatic carbocycles. The van der Waals surface area contributed by atoms with Crippen LogP contribution >= 0.6 is 35.6 Å². The molecule has 0 unspecified atom stereocenters. The number of nitrogens with zero attached hydrogens (tertiary/aromatic N) is 1. The Kier molecular flexibility index (Phi) is 4.71. The first-order valence-electron chi connectivity index (χ1n) is 6.76. The lowest BCUT2D eigenvalue weighted by molar-refractivity contribution is -0.113. The van der Waals surface area contributed by atoms with Gasteiger partial charge in [0, 0.05) is 11.1 Å². The standard InChI is InChI=1S/C17H12ClNO2S2/c1-21-14-4-2-3-13(10-14)19-16(20)15(23-17(19)22)9-11-5-7-12(18)8-6-11/h2-10H,1H3/b15-9-. The molecule has 116 valence electrons. The van der Waals surface area contributed by atoms with Crippen LogP contribution in [-0.2, 0) is 4.79 Å². The van der Waals surface area contributed by atoms with Crippen molar-refractivity contribution in [2.75, 3.05) is 12.0 Å². The molecule has 1 aliphatic heterocycles. The molecule has 0 aromatic heterocycles. The number of methoxy groups -OCH3 is 1. The van der Waals surface area contributed by atoms with Gasteiger partial charge in [-0.25, -0.2) is 0 Å². The van der Waals surface area contributed by atoms with Crippen LogP contribution in [0.25, 0.3) is 6.08 Å². The number of hydrogen-bond donors (Lipinski definition) is 0. The van der Waals surface area contributed by atoms with Crippen molar-refractivity contribution in [1.82, 2.24) is 0 Å². The number of anilines is 1. The first-order chi connectivity index (χ1) is 11.1. The minimum Gasteiger partial charge on any atom is -0.497 e. The summed E-state index contributed by atoms with van der Waals surface area (Å²) in [6, 6.07) is 14.6. The molecule has 23 heavy (non-hydrogen) atoms. The first-order valence-corrected chi connectivity index (χ1v) is 8.36. The zero-order valence-corrected chi connectivity index (χ0v) is 14.5. The van der Waals surface area contributed by atoms with Crippen molar-refractivity contribution in [2.24, 2.45) is 0 Å². The molecular weight excluding hydrogens is 350 g/mol. The second kappa shape index (κ2) is 6.74. The molecule has 3 rings (SSSR count). The summed E-state index contributed by atoms with van der Waals surface area (Å²) in [5.41, 5.74) is 1.60. The molecular formula is C17H12ClNO2S2. The number of carbonyl (C=O) groups excluding carboxylic acids is 1. The van der Waals surface area contributed by atoms with E-state index in [2.05, 4.69) is 0 Å². The minimum atomic E-state index is -0.136. The van der Waals surface area contributed by atoms with E-state index >= 15 is 0 Å². The molecule has 1 heterocycles. The highest BCUT2D eigenvalue weighted by Crippen LogP contribution is 2.37. The second-order valence-electron chi connectivity index (χ2n) is 4.77. The topological polar surface area (TPSA) is 29.5 Å². The number of halogens is 1. The lowest BCUT2D eigenvalue weighted by Crippen LogP contribution is -2.27. The molecule has 6 heteroatoms. The van der Waals surface area contributed by atoms with Gasteiger partial charge in [0.15, 0.2) is 4.32 Å².